The minimum Gasteiger partial charge on any atom is -0.467 e. The Morgan fingerprint density at radius 3 is 2.48 bits per heavy atom. The lowest BCUT2D eigenvalue weighted by Crippen LogP contribution is -2.52. The molecule has 0 saturated heterocycles. The molecule has 0 radical (unpaired) electrons. The number of nitrogens with one attached hydrogen (secondary N) is 2. The Kier molecular flexibility index (Phi) is 8.27. The van der Waals surface area contributed by atoms with Crippen LogP contribution in [0.2, 0.25) is 0 Å². The summed E-state index contributed by atoms with van der Waals surface area (Å²) < 4.78 is 18.5. The first kappa shape index (κ1) is 20.8. The highest BCUT2D eigenvalue weighted by atomic mass is 79.9. The summed E-state index contributed by atoms with van der Waals surface area (Å²) in [6.07, 6.45) is 0.206. The van der Waals surface area contributed by atoms with Gasteiger partial charge in [0.25, 0.3) is 0 Å². The highest BCUT2D eigenvalue weighted by Crippen LogP contribution is 2.12. The average Bonchev–Trinajstić information content (AvgIpc) is 2.52. The summed E-state index contributed by atoms with van der Waals surface area (Å²) >= 11 is 3.14. The van der Waals surface area contributed by atoms with E-state index in [0.29, 0.717) is 10.0 Å². The first-order valence-corrected chi connectivity index (χ1v) is 8.25. The third-order valence-electron chi connectivity index (χ3n) is 3.25. The lowest BCUT2D eigenvalue weighted by atomic mass is 10.0. The maximum atomic E-state index is 13.3. The van der Waals surface area contributed by atoms with Crippen molar-refractivity contribution in [3.63, 3.8) is 0 Å². The first-order valence-electron chi connectivity index (χ1n) is 7.46. The zero-order chi connectivity index (χ0) is 19.0. The fourth-order valence-corrected chi connectivity index (χ4v) is 2.51. The number of ether oxygens (including phenoxy) is 1. The molecule has 0 fully saturated rings. The van der Waals surface area contributed by atoms with Crippen LogP contribution in [0.3, 0.4) is 0 Å². The standard InChI is InChI=1S/C17H20BrFN2O4/c1-10(18)7-15(17(24)25-3)21-16(23)14(20-11(2)22)9-12-5-4-6-13(19)8-12/h4-6,8,14-15H,1,7,9H2,2-3H3,(H,20,22)(H,21,23)/t14-,15-/m0/s1. The molecule has 8 heteroatoms. The van der Waals surface area contributed by atoms with Gasteiger partial charge in [0, 0.05) is 19.8 Å². The SMILES string of the molecule is C=C(Br)C[C@H](NC(=O)[C@H](Cc1cccc(F)c1)NC(C)=O)C(=O)OC. The number of benzene rings is 1. The molecule has 0 spiro atoms. The van der Waals surface area contributed by atoms with Crippen LogP contribution in [0.25, 0.3) is 0 Å². The van der Waals surface area contributed by atoms with E-state index in [1.54, 1.807) is 6.07 Å². The molecule has 2 amide bonds. The molecule has 0 heterocycles. The fraction of sp³-hybridized carbons (Fsp3) is 0.353. The Morgan fingerprint density at radius 2 is 1.96 bits per heavy atom. The molecule has 6 nitrogen and oxygen atoms in total. The lowest BCUT2D eigenvalue weighted by molar-refractivity contribution is -0.145. The summed E-state index contributed by atoms with van der Waals surface area (Å²) in [7, 11) is 1.20. The van der Waals surface area contributed by atoms with Gasteiger partial charge < -0.3 is 15.4 Å². The minimum atomic E-state index is -0.963. The van der Waals surface area contributed by atoms with Crippen molar-refractivity contribution in [2.75, 3.05) is 7.11 Å². The molecule has 1 aromatic rings. The molecule has 1 rings (SSSR count). The van der Waals surface area contributed by atoms with Crippen LogP contribution in [-0.4, -0.2) is 37.0 Å². The Hall–Kier alpha value is -2.22. The van der Waals surface area contributed by atoms with Crippen LogP contribution in [-0.2, 0) is 25.5 Å². The van der Waals surface area contributed by atoms with E-state index in [0.717, 1.165) is 0 Å². The number of carbonyl (C=O) groups is 3. The van der Waals surface area contributed by atoms with Gasteiger partial charge in [0.1, 0.15) is 17.9 Å². The number of carbonyl (C=O) groups excluding carboxylic acids is 3. The van der Waals surface area contributed by atoms with E-state index < -0.39 is 35.7 Å². The zero-order valence-electron chi connectivity index (χ0n) is 14.0. The molecule has 1 aromatic carbocycles. The number of hydrogen-bond acceptors (Lipinski definition) is 4. The van der Waals surface area contributed by atoms with E-state index in [-0.39, 0.29) is 12.8 Å². The highest BCUT2D eigenvalue weighted by molar-refractivity contribution is 9.11. The third kappa shape index (κ3) is 7.47. The predicted molar refractivity (Wildman–Crippen MR) is 94.3 cm³/mol. The number of esters is 1. The number of halogens is 2. The largest absolute Gasteiger partial charge is 0.467 e. The number of rotatable bonds is 8. The van der Waals surface area contributed by atoms with Crippen molar-refractivity contribution in [2.24, 2.45) is 0 Å². The Bertz CT molecular complexity index is 666. The predicted octanol–water partition coefficient (Wildman–Crippen LogP) is 1.83. The topological polar surface area (TPSA) is 84.5 Å². The molecule has 0 aromatic heterocycles. The average molecular weight is 415 g/mol. The molecule has 0 aliphatic heterocycles. The maximum absolute atomic E-state index is 13.3. The van der Waals surface area contributed by atoms with Crippen LogP contribution in [0.4, 0.5) is 4.39 Å². The van der Waals surface area contributed by atoms with Crippen LogP contribution in [0, 0.1) is 5.82 Å². The molecule has 25 heavy (non-hydrogen) atoms. The summed E-state index contributed by atoms with van der Waals surface area (Å²) in [5.41, 5.74) is 0.536. The number of hydrogen-bond donors (Lipinski definition) is 2. The van der Waals surface area contributed by atoms with Crippen molar-refractivity contribution in [3.05, 3.63) is 46.7 Å². The van der Waals surface area contributed by atoms with Gasteiger partial charge in [-0.05, 0) is 22.2 Å². The van der Waals surface area contributed by atoms with E-state index >= 15 is 0 Å². The van der Waals surface area contributed by atoms with Crippen molar-refractivity contribution >= 4 is 33.7 Å². The zero-order valence-corrected chi connectivity index (χ0v) is 15.6. The van der Waals surface area contributed by atoms with Gasteiger partial charge in [-0.15, -0.1) is 0 Å². The van der Waals surface area contributed by atoms with Gasteiger partial charge in [0.05, 0.1) is 7.11 Å². The summed E-state index contributed by atoms with van der Waals surface area (Å²) in [5, 5.41) is 5.03. The fourth-order valence-electron chi connectivity index (χ4n) is 2.18. The second kappa shape index (κ2) is 9.93. The molecule has 2 N–H and O–H groups in total. The molecule has 136 valence electrons. The Labute approximate surface area is 153 Å². The van der Waals surface area contributed by atoms with E-state index in [2.05, 4.69) is 37.9 Å². The Morgan fingerprint density at radius 1 is 1.28 bits per heavy atom. The molecule has 0 bridgehead atoms. The number of methoxy groups -OCH3 is 1. The Balaban J connectivity index is 2.92. The van der Waals surface area contributed by atoms with Crippen molar-refractivity contribution in [1.82, 2.24) is 10.6 Å². The van der Waals surface area contributed by atoms with E-state index in [1.165, 1.54) is 32.2 Å². The molecule has 2 atom stereocenters. The molecule has 0 aliphatic rings. The van der Waals surface area contributed by atoms with Crippen molar-refractivity contribution in [3.8, 4) is 0 Å². The molecular weight excluding hydrogens is 395 g/mol. The van der Waals surface area contributed by atoms with Crippen LogP contribution in [0.15, 0.2) is 35.3 Å². The van der Waals surface area contributed by atoms with Gasteiger partial charge >= 0.3 is 5.97 Å². The van der Waals surface area contributed by atoms with Gasteiger partial charge in [0.2, 0.25) is 11.8 Å². The van der Waals surface area contributed by atoms with Gasteiger partial charge in [-0.1, -0.05) is 34.6 Å². The van der Waals surface area contributed by atoms with Crippen LogP contribution < -0.4 is 10.6 Å². The van der Waals surface area contributed by atoms with Crippen molar-refractivity contribution in [2.45, 2.75) is 31.8 Å². The second-order valence-corrected chi connectivity index (χ2v) is 6.51. The van der Waals surface area contributed by atoms with Gasteiger partial charge in [-0.2, -0.15) is 0 Å². The summed E-state index contributed by atoms with van der Waals surface area (Å²) in [5.74, 6) is -2.08. The quantitative estimate of drug-likeness (QED) is 0.635. The van der Waals surface area contributed by atoms with E-state index in [9.17, 15) is 18.8 Å². The van der Waals surface area contributed by atoms with Crippen LogP contribution in [0.5, 0.6) is 0 Å². The summed E-state index contributed by atoms with van der Waals surface area (Å²) in [6.45, 7) is 4.90. The molecule has 0 saturated carbocycles. The van der Waals surface area contributed by atoms with Crippen molar-refractivity contribution < 1.29 is 23.5 Å². The second-order valence-electron chi connectivity index (χ2n) is 5.39. The first-order chi connectivity index (χ1) is 11.7. The maximum Gasteiger partial charge on any atom is 0.328 e. The van der Waals surface area contributed by atoms with E-state index in [4.69, 9.17) is 0 Å². The smallest absolute Gasteiger partial charge is 0.328 e. The monoisotopic (exact) mass is 414 g/mol. The van der Waals surface area contributed by atoms with Gasteiger partial charge in [0.15, 0.2) is 0 Å². The lowest BCUT2D eigenvalue weighted by Gasteiger charge is -2.22. The third-order valence-corrected chi connectivity index (χ3v) is 3.57. The van der Waals surface area contributed by atoms with Crippen LogP contribution in [0.1, 0.15) is 18.9 Å². The van der Waals surface area contributed by atoms with E-state index in [1.807, 2.05) is 0 Å². The molecular formula is C17H20BrFN2O4. The minimum absolute atomic E-state index is 0.0757. The summed E-state index contributed by atoms with van der Waals surface area (Å²) in [6, 6.07) is 3.80. The normalized spacial score (nSPS) is 12.6. The van der Waals surface area contributed by atoms with Crippen molar-refractivity contribution in [1.29, 1.82) is 0 Å². The summed E-state index contributed by atoms with van der Waals surface area (Å²) in [4.78, 5) is 35.7. The molecule has 0 unspecified atom stereocenters. The van der Waals surface area contributed by atoms with Gasteiger partial charge in [-0.3, -0.25) is 9.59 Å². The van der Waals surface area contributed by atoms with Gasteiger partial charge in [-0.25, -0.2) is 9.18 Å². The van der Waals surface area contributed by atoms with Crippen LogP contribution >= 0.6 is 15.9 Å². The molecule has 0 aliphatic carbocycles. The highest BCUT2D eigenvalue weighted by Gasteiger charge is 2.27. The number of amides is 2.